The molecule has 1 atom stereocenters. The van der Waals surface area contributed by atoms with Gasteiger partial charge in [0.05, 0.1) is 17.8 Å². The van der Waals surface area contributed by atoms with Gasteiger partial charge in [0.2, 0.25) is 0 Å². The highest BCUT2D eigenvalue weighted by molar-refractivity contribution is 5.14. The van der Waals surface area contributed by atoms with Crippen LogP contribution in [0.4, 0.5) is 0 Å². The van der Waals surface area contributed by atoms with E-state index in [4.69, 9.17) is 9.47 Å². The van der Waals surface area contributed by atoms with Crippen molar-refractivity contribution in [2.45, 2.75) is 50.9 Å². The van der Waals surface area contributed by atoms with Crippen molar-refractivity contribution in [3.05, 3.63) is 0 Å². The molecule has 0 aliphatic carbocycles. The Labute approximate surface area is 67.9 Å². The molecule has 2 fully saturated rings. The van der Waals surface area contributed by atoms with E-state index >= 15 is 0 Å². The Morgan fingerprint density at radius 3 is 1.82 bits per heavy atom. The minimum Gasteiger partial charge on any atom is -0.366 e. The molecule has 1 unspecified atom stereocenters. The first kappa shape index (κ1) is 7.56. The number of ether oxygens (including phenoxy) is 2. The molecule has 2 rings (SSSR count). The topological polar surface area (TPSA) is 21.8 Å². The van der Waals surface area contributed by atoms with Crippen LogP contribution in [0.25, 0.3) is 0 Å². The first-order chi connectivity index (χ1) is 4.87. The largest absolute Gasteiger partial charge is 0.366 e. The molecule has 0 bridgehead atoms. The van der Waals surface area contributed by atoms with E-state index in [2.05, 4.69) is 27.7 Å². The first-order valence-corrected chi connectivity index (χ1v) is 4.21. The van der Waals surface area contributed by atoms with E-state index in [0.717, 1.165) is 13.0 Å². The second-order valence-electron chi connectivity index (χ2n) is 4.83. The minimum atomic E-state index is -0.0868. The maximum atomic E-state index is 5.89. The van der Waals surface area contributed by atoms with Crippen LogP contribution in [0, 0.1) is 0 Å². The van der Waals surface area contributed by atoms with E-state index in [-0.39, 0.29) is 16.8 Å². The minimum absolute atomic E-state index is 0. The number of hydrogen-bond donors (Lipinski definition) is 0. The molecule has 0 amide bonds. The summed E-state index contributed by atoms with van der Waals surface area (Å²) >= 11 is 0. The number of rotatable bonds is 0. The normalized spacial score (nSPS) is 44.7. The van der Waals surface area contributed by atoms with Crippen LogP contribution in [-0.2, 0) is 9.47 Å². The Bertz CT molecular complexity index is 182. The summed E-state index contributed by atoms with van der Waals surface area (Å²) < 4.78 is 11.4. The second-order valence-corrected chi connectivity index (χ2v) is 4.83. The van der Waals surface area contributed by atoms with Gasteiger partial charge in [0.25, 0.3) is 0 Å². The van der Waals surface area contributed by atoms with Crippen molar-refractivity contribution in [3.63, 3.8) is 0 Å². The van der Waals surface area contributed by atoms with Crippen LogP contribution in [0.1, 0.15) is 34.1 Å². The fourth-order valence-electron chi connectivity index (χ4n) is 2.26. The van der Waals surface area contributed by atoms with Crippen molar-refractivity contribution in [1.82, 2.24) is 0 Å². The summed E-state index contributed by atoms with van der Waals surface area (Å²) in [4.78, 5) is 0. The van der Waals surface area contributed by atoms with Crippen LogP contribution in [-0.4, -0.2) is 23.4 Å². The average Bonchev–Trinajstić information content (AvgIpc) is 2.38. The van der Waals surface area contributed by atoms with Crippen molar-refractivity contribution in [2.24, 2.45) is 0 Å². The van der Waals surface area contributed by atoms with Crippen LogP contribution < -0.4 is 0 Å². The van der Waals surface area contributed by atoms with Crippen molar-refractivity contribution in [2.75, 3.05) is 6.61 Å². The van der Waals surface area contributed by atoms with Crippen LogP contribution in [0.5, 0.6) is 0 Å². The summed E-state index contributed by atoms with van der Waals surface area (Å²) in [7, 11) is 0. The van der Waals surface area contributed by atoms with Gasteiger partial charge in [-0.2, -0.15) is 0 Å². The molecule has 0 aromatic rings. The second kappa shape index (κ2) is 1.64. The zero-order valence-electron chi connectivity index (χ0n) is 7.73. The molecule has 2 aliphatic rings. The molecule has 0 aromatic heterocycles. The van der Waals surface area contributed by atoms with Gasteiger partial charge < -0.3 is 9.47 Å². The summed E-state index contributed by atoms with van der Waals surface area (Å²) in [6, 6.07) is 0. The quantitative estimate of drug-likeness (QED) is 0.498. The van der Waals surface area contributed by atoms with Gasteiger partial charge >= 0.3 is 0 Å². The lowest BCUT2D eigenvalue weighted by atomic mass is 9.88. The fourth-order valence-corrected chi connectivity index (χ4v) is 2.26. The van der Waals surface area contributed by atoms with Crippen LogP contribution in [0.3, 0.4) is 0 Å². The molecular weight excluding hydrogens is 140 g/mol. The summed E-state index contributed by atoms with van der Waals surface area (Å²) in [5.41, 5.74) is -0.0347. The van der Waals surface area contributed by atoms with Crippen LogP contribution in [0.15, 0.2) is 0 Å². The van der Waals surface area contributed by atoms with Gasteiger partial charge in [0, 0.05) is 6.42 Å². The third kappa shape index (κ3) is 0.926. The van der Waals surface area contributed by atoms with E-state index in [1.165, 1.54) is 0 Å². The van der Waals surface area contributed by atoms with Crippen molar-refractivity contribution in [3.8, 4) is 0 Å². The highest BCUT2D eigenvalue weighted by Crippen LogP contribution is 2.54. The van der Waals surface area contributed by atoms with Crippen LogP contribution in [0.2, 0.25) is 0 Å². The molecule has 2 heterocycles. The van der Waals surface area contributed by atoms with E-state index < -0.39 is 0 Å². The van der Waals surface area contributed by atoms with E-state index in [1.54, 1.807) is 0 Å². The predicted octanol–water partition coefficient (Wildman–Crippen LogP) is 1.73. The summed E-state index contributed by atoms with van der Waals surface area (Å²) in [6.45, 7) is 9.38. The first-order valence-electron chi connectivity index (χ1n) is 4.21. The van der Waals surface area contributed by atoms with E-state index in [9.17, 15) is 0 Å². The number of epoxide rings is 1. The Hall–Kier alpha value is -0.0800. The lowest BCUT2D eigenvalue weighted by molar-refractivity contribution is -0.0785. The van der Waals surface area contributed by atoms with Gasteiger partial charge in [-0.1, -0.05) is 0 Å². The van der Waals surface area contributed by atoms with Crippen LogP contribution >= 0.6 is 0 Å². The van der Waals surface area contributed by atoms with E-state index in [0.29, 0.717) is 0 Å². The highest BCUT2D eigenvalue weighted by Gasteiger charge is 2.65. The maximum absolute atomic E-state index is 5.89. The lowest BCUT2D eigenvalue weighted by Crippen LogP contribution is -2.35. The van der Waals surface area contributed by atoms with E-state index in [1.807, 2.05) is 0 Å². The third-order valence-electron chi connectivity index (χ3n) is 2.83. The van der Waals surface area contributed by atoms with Gasteiger partial charge in [-0.3, -0.25) is 0 Å². The predicted molar refractivity (Wildman–Crippen MR) is 42.5 cm³/mol. The zero-order valence-corrected chi connectivity index (χ0v) is 7.73. The highest BCUT2D eigenvalue weighted by atomic mass is 16.6. The molecule has 2 aliphatic heterocycles. The summed E-state index contributed by atoms with van der Waals surface area (Å²) in [5, 5.41) is 0. The SMILES string of the molecule is CC1(C)CC2(CO2)C(C)(C)O1. The number of hydrogen-bond acceptors (Lipinski definition) is 2. The Morgan fingerprint density at radius 2 is 1.64 bits per heavy atom. The molecule has 2 saturated heterocycles. The van der Waals surface area contributed by atoms with Gasteiger partial charge in [-0.25, -0.2) is 0 Å². The Balaban J connectivity index is 2.26. The zero-order chi connectivity index (χ0) is 8.33. The average molecular weight is 156 g/mol. The van der Waals surface area contributed by atoms with Gasteiger partial charge in [0.1, 0.15) is 5.60 Å². The molecule has 0 saturated carbocycles. The molecule has 0 N–H and O–H groups in total. The summed E-state index contributed by atoms with van der Waals surface area (Å²) in [5.74, 6) is 0. The smallest absolute Gasteiger partial charge is 0.123 e. The molecular formula is C9H16O2. The molecule has 1 spiro atoms. The molecule has 0 radical (unpaired) electrons. The van der Waals surface area contributed by atoms with Gasteiger partial charge in [-0.15, -0.1) is 0 Å². The summed E-state index contributed by atoms with van der Waals surface area (Å²) in [6.07, 6.45) is 1.03. The fraction of sp³-hybridized carbons (Fsp3) is 1.00. The van der Waals surface area contributed by atoms with Gasteiger partial charge in [-0.05, 0) is 27.7 Å². The molecule has 2 heteroatoms. The lowest BCUT2D eigenvalue weighted by Gasteiger charge is -2.25. The molecule has 2 nitrogen and oxygen atoms in total. The molecule has 64 valence electrons. The third-order valence-corrected chi connectivity index (χ3v) is 2.83. The van der Waals surface area contributed by atoms with Crippen molar-refractivity contribution < 1.29 is 9.47 Å². The monoisotopic (exact) mass is 156 g/mol. The maximum Gasteiger partial charge on any atom is 0.123 e. The molecule has 0 aromatic carbocycles. The Kier molecular flexibility index (Phi) is 1.13. The molecule has 11 heavy (non-hydrogen) atoms. The standard InChI is InChI=1S/C9H16O2/c1-7(2)5-9(6-10-9)8(3,4)11-7/h5-6H2,1-4H3. The Morgan fingerprint density at radius 1 is 1.09 bits per heavy atom. The van der Waals surface area contributed by atoms with Crippen molar-refractivity contribution >= 4 is 0 Å². The van der Waals surface area contributed by atoms with Gasteiger partial charge in [0.15, 0.2) is 0 Å². The van der Waals surface area contributed by atoms with Crippen molar-refractivity contribution in [1.29, 1.82) is 0 Å².